The minimum atomic E-state index is -2.88. The number of halogens is 1. The first-order valence-electron chi connectivity index (χ1n) is 5.70. The molecule has 0 spiro atoms. The molecule has 7 heteroatoms. The lowest BCUT2D eigenvalue weighted by molar-refractivity contribution is 0.0926. The highest BCUT2D eigenvalue weighted by molar-refractivity contribution is 9.10. The number of nitrogens with one attached hydrogen (secondary N) is 1. The maximum atomic E-state index is 12.0. The molecular weight excluding hydrogens is 320 g/mol. The van der Waals surface area contributed by atoms with Gasteiger partial charge in [-0.05, 0) is 34.8 Å². The van der Waals surface area contributed by atoms with Crippen molar-refractivity contribution in [3.05, 3.63) is 22.4 Å². The molecule has 1 amide bonds. The van der Waals surface area contributed by atoms with Crippen molar-refractivity contribution in [2.75, 3.05) is 11.5 Å². The van der Waals surface area contributed by atoms with Crippen LogP contribution in [-0.4, -0.2) is 36.4 Å². The summed E-state index contributed by atoms with van der Waals surface area (Å²) in [6.45, 7) is 0. The zero-order valence-corrected chi connectivity index (χ0v) is 12.4. The fraction of sp³-hybridized carbons (Fsp3) is 0.545. The minimum Gasteiger partial charge on any atom is -0.348 e. The molecule has 1 aliphatic heterocycles. The number of carbonyl (C=O) groups excluding carboxylic acids is 1. The van der Waals surface area contributed by atoms with Gasteiger partial charge >= 0.3 is 0 Å². The standard InChI is InChI=1S/C11H15BrN2O3S/c1-14-7-8(12)6-10(14)11(15)13-9-2-4-18(16,17)5-3-9/h6-7,9H,2-5H2,1H3,(H,13,15). The van der Waals surface area contributed by atoms with Crippen LogP contribution in [0.4, 0.5) is 0 Å². The van der Waals surface area contributed by atoms with Crippen LogP contribution in [0.15, 0.2) is 16.7 Å². The van der Waals surface area contributed by atoms with Crippen molar-refractivity contribution in [3.63, 3.8) is 0 Å². The molecule has 0 unspecified atom stereocenters. The molecule has 100 valence electrons. The largest absolute Gasteiger partial charge is 0.348 e. The second-order valence-corrected chi connectivity index (χ2v) is 7.77. The van der Waals surface area contributed by atoms with E-state index in [-0.39, 0.29) is 23.5 Å². The number of aromatic nitrogens is 1. The first-order chi connectivity index (χ1) is 8.37. The van der Waals surface area contributed by atoms with Crippen LogP contribution in [0.3, 0.4) is 0 Å². The fourth-order valence-electron chi connectivity index (χ4n) is 2.04. The summed E-state index contributed by atoms with van der Waals surface area (Å²) in [7, 11) is -1.09. The van der Waals surface area contributed by atoms with Gasteiger partial charge in [-0.3, -0.25) is 4.79 Å². The van der Waals surface area contributed by atoms with E-state index in [2.05, 4.69) is 21.2 Å². The Bertz CT molecular complexity index is 551. The van der Waals surface area contributed by atoms with Crippen LogP contribution in [0.2, 0.25) is 0 Å². The number of carbonyl (C=O) groups is 1. The van der Waals surface area contributed by atoms with Gasteiger partial charge in [-0.2, -0.15) is 0 Å². The Kier molecular flexibility index (Phi) is 3.82. The van der Waals surface area contributed by atoms with Crippen molar-refractivity contribution in [1.82, 2.24) is 9.88 Å². The maximum Gasteiger partial charge on any atom is 0.268 e. The summed E-state index contributed by atoms with van der Waals surface area (Å²) in [6.07, 6.45) is 2.81. The molecule has 5 nitrogen and oxygen atoms in total. The molecule has 2 rings (SSSR count). The topological polar surface area (TPSA) is 68.2 Å². The summed E-state index contributed by atoms with van der Waals surface area (Å²) in [4.78, 5) is 12.0. The lowest BCUT2D eigenvalue weighted by Gasteiger charge is -2.23. The molecule has 0 aromatic carbocycles. The molecule has 2 heterocycles. The summed E-state index contributed by atoms with van der Waals surface area (Å²) in [5, 5.41) is 2.88. The van der Waals surface area contributed by atoms with Crippen LogP contribution in [0, 0.1) is 0 Å². The summed E-state index contributed by atoms with van der Waals surface area (Å²) in [6, 6.07) is 1.70. The van der Waals surface area contributed by atoms with E-state index in [1.807, 2.05) is 0 Å². The molecule has 1 saturated heterocycles. The van der Waals surface area contributed by atoms with E-state index < -0.39 is 9.84 Å². The number of nitrogens with zero attached hydrogens (tertiary/aromatic N) is 1. The predicted octanol–water partition coefficient (Wildman–Crippen LogP) is 1.09. The third-order valence-corrected chi connectivity index (χ3v) is 5.24. The molecule has 0 bridgehead atoms. The molecule has 0 atom stereocenters. The van der Waals surface area contributed by atoms with Gasteiger partial charge in [-0.1, -0.05) is 0 Å². The Morgan fingerprint density at radius 1 is 1.44 bits per heavy atom. The monoisotopic (exact) mass is 334 g/mol. The van der Waals surface area contributed by atoms with Gasteiger partial charge in [0.05, 0.1) is 11.5 Å². The van der Waals surface area contributed by atoms with Gasteiger partial charge in [0.25, 0.3) is 5.91 Å². The van der Waals surface area contributed by atoms with Gasteiger partial charge in [-0.25, -0.2) is 8.42 Å². The Labute approximate surface area is 115 Å². The lowest BCUT2D eigenvalue weighted by atomic mass is 10.1. The van der Waals surface area contributed by atoms with Crippen molar-refractivity contribution in [2.24, 2.45) is 7.05 Å². The Morgan fingerprint density at radius 2 is 2.06 bits per heavy atom. The van der Waals surface area contributed by atoms with Crippen molar-refractivity contribution in [2.45, 2.75) is 18.9 Å². The quantitative estimate of drug-likeness (QED) is 0.880. The average molecular weight is 335 g/mol. The number of rotatable bonds is 2. The van der Waals surface area contributed by atoms with Crippen LogP contribution < -0.4 is 5.32 Å². The van der Waals surface area contributed by atoms with Gasteiger partial charge in [-0.15, -0.1) is 0 Å². The second kappa shape index (κ2) is 5.05. The van der Waals surface area contributed by atoms with E-state index in [9.17, 15) is 13.2 Å². The molecule has 1 aromatic rings. The van der Waals surface area contributed by atoms with Crippen molar-refractivity contribution in [3.8, 4) is 0 Å². The van der Waals surface area contributed by atoms with Crippen LogP contribution in [-0.2, 0) is 16.9 Å². The van der Waals surface area contributed by atoms with Gasteiger partial charge in [0.15, 0.2) is 0 Å². The molecule has 0 aliphatic carbocycles. The summed E-state index contributed by atoms with van der Waals surface area (Å²) in [5.74, 6) is 0.163. The SMILES string of the molecule is Cn1cc(Br)cc1C(=O)NC1CCS(=O)(=O)CC1. The zero-order chi connectivity index (χ0) is 13.3. The second-order valence-electron chi connectivity index (χ2n) is 4.55. The highest BCUT2D eigenvalue weighted by Gasteiger charge is 2.25. The average Bonchev–Trinajstić information content (AvgIpc) is 2.61. The molecular formula is C11H15BrN2O3S. The zero-order valence-electron chi connectivity index (χ0n) is 10.0. The highest BCUT2D eigenvalue weighted by Crippen LogP contribution is 2.16. The Balaban J connectivity index is 1.99. The van der Waals surface area contributed by atoms with Gasteiger partial charge in [0.2, 0.25) is 0 Å². The lowest BCUT2D eigenvalue weighted by Crippen LogP contribution is -2.41. The normalized spacial score (nSPS) is 19.7. The summed E-state index contributed by atoms with van der Waals surface area (Å²) < 4.78 is 25.2. The highest BCUT2D eigenvalue weighted by atomic mass is 79.9. The summed E-state index contributed by atoms with van der Waals surface area (Å²) >= 11 is 3.31. The van der Waals surface area contributed by atoms with Gasteiger partial charge < -0.3 is 9.88 Å². The molecule has 1 fully saturated rings. The molecule has 1 aromatic heterocycles. The van der Waals surface area contributed by atoms with E-state index in [4.69, 9.17) is 0 Å². The molecule has 1 aliphatic rings. The number of amides is 1. The third kappa shape index (κ3) is 3.14. The fourth-order valence-corrected chi connectivity index (χ4v) is 4.06. The molecule has 0 radical (unpaired) electrons. The van der Waals surface area contributed by atoms with E-state index >= 15 is 0 Å². The van der Waals surface area contributed by atoms with E-state index in [1.54, 1.807) is 23.9 Å². The van der Waals surface area contributed by atoms with Crippen molar-refractivity contribution >= 4 is 31.7 Å². The number of hydrogen-bond acceptors (Lipinski definition) is 3. The van der Waals surface area contributed by atoms with E-state index in [0.29, 0.717) is 18.5 Å². The van der Waals surface area contributed by atoms with E-state index in [1.165, 1.54) is 0 Å². The smallest absolute Gasteiger partial charge is 0.268 e. The van der Waals surface area contributed by atoms with Crippen LogP contribution in [0.5, 0.6) is 0 Å². The third-order valence-electron chi connectivity index (χ3n) is 3.09. The van der Waals surface area contributed by atoms with E-state index in [0.717, 1.165) is 4.47 Å². The predicted molar refractivity (Wildman–Crippen MR) is 72.3 cm³/mol. The number of hydrogen-bond donors (Lipinski definition) is 1. The van der Waals surface area contributed by atoms with Crippen LogP contribution in [0.1, 0.15) is 23.3 Å². The van der Waals surface area contributed by atoms with Gasteiger partial charge in [0.1, 0.15) is 15.5 Å². The number of aryl methyl sites for hydroxylation is 1. The Hall–Kier alpha value is -0.820. The first-order valence-corrected chi connectivity index (χ1v) is 8.32. The van der Waals surface area contributed by atoms with Crippen LogP contribution >= 0.6 is 15.9 Å². The van der Waals surface area contributed by atoms with Crippen LogP contribution in [0.25, 0.3) is 0 Å². The van der Waals surface area contributed by atoms with Crippen molar-refractivity contribution < 1.29 is 13.2 Å². The molecule has 18 heavy (non-hydrogen) atoms. The summed E-state index contributed by atoms with van der Waals surface area (Å²) in [5.41, 5.74) is 0.565. The van der Waals surface area contributed by atoms with Crippen molar-refractivity contribution in [1.29, 1.82) is 0 Å². The maximum absolute atomic E-state index is 12.0. The van der Waals surface area contributed by atoms with Gasteiger partial charge in [0, 0.05) is 23.8 Å². The molecule has 0 saturated carbocycles. The first kappa shape index (κ1) is 13.6. The minimum absolute atomic E-state index is 0.0466. The molecule has 1 N–H and O–H groups in total. The number of sulfone groups is 1. The Morgan fingerprint density at radius 3 is 2.56 bits per heavy atom.